The number of rotatable bonds is 14. The van der Waals surface area contributed by atoms with Crippen LogP contribution in [-0.4, -0.2) is 59.3 Å². The van der Waals surface area contributed by atoms with E-state index in [9.17, 15) is 5.11 Å². The van der Waals surface area contributed by atoms with Crippen LogP contribution in [0, 0.1) is 11.8 Å². The maximum Gasteiger partial charge on any atom is 0.222 e. The number of aromatic nitrogens is 2. The second-order valence-electron chi connectivity index (χ2n) is 10.1. The van der Waals surface area contributed by atoms with Crippen molar-refractivity contribution in [2.75, 3.05) is 33.4 Å². The highest BCUT2D eigenvalue weighted by Crippen LogP contribution is 2.36. The summed E-state index contributed by atoms with van der Waals surface area (Å²) in [6.07, 6.45) is 1.92. The molecule has 1 aromatic heterocycles. The van der Waals surface area contributed by atoms with Crippen molar-refractivity contribution in [3.05, 3.63) is 60.2 Å². The van der Waals surface area contributed by atoms with E-state index in [2.05, 4.69) is 30.9 Å². The van der Waals surface area contributed by atoms with Gasteiger partial charge in [0.05, 0.1) is 25.4 Å². The Labute approximate surface area is 214 Å². The van der Waals surface area contributed by atoms with Crippen LogP contribution >= 0.6 is 0 Å². The molecule has 0 amide bonds. The third-order valence-corrected chi connectivity index (χ3v) is 6.22. The lowest BCUT2D eigenvalue weighted by Crippen LogP contribution is -2.36. The molecule has 1 atom stereocenters. The minimum absolute atomic E-state index is 0.338. The Bertz CT molecular complexity index is 1100. The largest absolute Gasteiger partial charge is 0.497 e. The summed E-state index contributed by atoms with van der Waals surface area (Å²) in [6, 6.07) is 17.8. The van der Waals surface area contributed by atoms with Gasteiger partial charge in [-0.25, -0.2) is 4.68 Å². The van der Waals surface area contributed by atoms with Crippen LogP contribution in [-0.2, 0) is 18.3 Å². The minimum atomic E-state index is -0.554. The van der Waals surface area contributed by atoms with Crippen LogP contribution in [0.2, 0.25) is 0 Å². The summed E-state index contributed by atoms with van der Waals surface area (Å²) in [5.41, 5.74) is 2.93. The number of ether oxygens (including phenoxy) is 3. The lowest BCUT2D eigenvalue weighted by atomic mass is 10.1. The Morgan fingerprint density at radius 2 is 1.81 bits per heavy atom. The molecule has 36 heavy (non-hydrogen) atoms. The van der Waals surface area contributed by atoms with Gasteiger partial charge in [0.25, 0.3) is 0 Å². The number of hydrogen-bond acceptors (Lipinski definition) is 6. The van der Waals surface area contributed by atoms with Crippen LogP contribution in [0.3, 0.4) is 0 Å². The van der Waals surface area contributed by atoms with Crippen molar-refractivity contribution >= 4 is 0 Å². The first-order valence-corrected chi connectivity index (χ1v) is 12.8. The molecule has 4 rings (SSSR count). The molecule has 7 heteroatoms. The number of benzene rings is 2. The molecular formula is C29H39N3O4. The van der Waals surface area contributed by atoms with Crippen molar-refractivity contribution < 1.29 is 19.3 Å². The molecule has 0 aliphatic heterocycles. The number of methoxy groups -OCH3 is 1. The Hall–Kier alpha value is -2.87. The van der Waals surface area contributed by atoms with Crippen molar-refractivity contribution in [1.29, 1.82) is 0 Å². The third kappa shape index (κ3) is 7.32. The number of hydrogen-bond donors (Lipinski definition) is 1. The Morgan fingerprint density at radius 3 is 2.50 bits per heavy atom. The number of aryl methyl sites for hydroxylation is 1. The van der Waals surface area contributed by atoms with Gasteiger partial charge in [-0.3, -0.25) is 4.90 Å². The molecule has 3 aromatic rings. The number of aliphatic hydroxyl groups is 1. The quantitative estimate of drug-likeness (QED) is 0.336. The van der Waals surface area contributed by atoms with Crippen LogP contribution < -0.4 is 9.47 Å². The average Bonchev–Trinajstić information content (AvgIpc) is 3.63. The number of aliphatic hydroxyl groups excluding tert-OH is 1. The van der Waals surface area contributed by atoms with Gasteiger partial charge in [0.2, 0.25) is 5.88 Å². The first kappa shape index (κ1) is 26.2. The molecule has 1 heterocycles. The van der Waals surface area contributed by atoms with Crippen LogP contribution in [0.1, 0.15) is 32.3 Å². The zero-order valence-corrected chi connectivity index (χ0v) is 21.9. The van der Waals surface area contributed by atoms with E-state index >= 15 is 0 Å². The molecule has 1 saturated carbocycles. The van der Waals surface area contributed by atoms with Gasteiger partial charge in [0.1, 0.15) is 17.2 Å². The van der Waals surface area contributed by atoms with Crippen molar-refractivity contribution in [2.24, 2.45) is 18.9 Å². The summed E-state index contributed by atoms with van der Waals surface area (Å²) in [6.45, 7) is 7.31. The van der Waals surface area contributed by atoms with E-state index in [1.165, 1.54) is 12.8 Å². The zero-order valence-electron chi connectivity index (χ0n) is 21.9. The van der Waals surface area contributed by atoms with E-state index in [1.54, 1.807) is 11.8 Å². The lowest BCUT2D eigenvalue weighted by molar-refractivity contribution is 0.00613. The molecule has 1 fully saturated rings. The highest BCUT2D eigenvalue weighted by molar-refractivity contribution is 5.65. The van der Waals surface area contributed by atoms with E-state index in [1.807, 2.05) is 49.5 Å². The predicted octanol–water partition coefficient (Wildman–Crippen LogP) is 5.13. The van der Waals surface area contributed by atoms with Gasteiger partial charge < -0.3 is 19.3 Å². The van der Waals surface area contributed by atoms with Gasteiger partial charge in [-0.15, -0.1) is 0 Å². The average molecular weight is 494 g/mol. The molecule has 1 aliphatic rings. The fourth-order valence-corrected chi connectivity index (χ4v) is 4.31. The molecule has 194 valence electrons. The smallest absolute Gasteiger partial charge is 0.222 e. The molecule has 0 bridgehead atoms. The minimum Gasteiger partial charge on any atom is -0.497 e. The Balaban J connectivity index is 1.61. The first-order valence-electron chi connectivity index (χ1n) is 12.8. The standard InChI is InChI=1S/C29H39N3O4/c1-21(2)19-35-20-24(33)17-32(16-22-13-14-22)18-27-28(23-9-6-5-7-10-23)30-31(3)29(27)36-26-12-8-11-25(15-26)34-4/h5-12,15,21-22,24,33H,13-14,16-20H2,1-4H3/t24-/m1/s1. The van der Waals surface area contributed by atoms with E-state index in [0.29, 0.717) is 49.8 Å². The second kappa shape index (κ2) is 12.4. The second-order valence-corrected chi connectivity index (χ2v) is 10.1. The van der Waals surface area contributed by atoms with Crippen LogP contribution in [0.15, 0.2) is 54.6 Å². The van der Waals surface area contributed by atoms with Gasteiger partial charge in [-0.2, -0.15) is 5.10 Å². The molecular weight excluding hydrogens is 454 g/mol. The topological polar surface area (TPSA) is 69.0 Å². The summed E-state index contributed by atoms with van der Waals surface area (Å²) < 4.78 is 19.3. The zero-order chi connectivity index (χ0) is 25.5. The van der Waals surface area contributed by atoms with E-state index < -0.39 is 6.10 Å². The number of nitrogens with zero attached hydrogens (tertiary/aromatic N) is 3. The normalized spacial score (nSPS) is 14.4. The molecule has 0 saturated heterocycles. The Morgan fingerprint density at radius 1 is 1.06 bits per heavy atom. The molecule has 2 aromatic carbocycles. The van der Waals surface area contributed by atoms with Gasteiger partial charge in [0.15, 0.2) is 0 Å². The Kier molecular flexibility index (Phi) is 9.02. The van der Waals surface area contributed by atoms with Crippen molar-refractivity contribution in [3.8, 4) is 28.6 Å². The summed E-state index contributed by atoms with van der Waals surface area (Å²) in [5, 5.41) is 15.6. The lowest BCUT2D eigenvalue weighted by Gasteiger charge is -2.26. The molecule has 0 unspecified atom stereocenters. The van der Waals surface area contributed by atoms with Crippen LogP contribution in [0.4, 0.5) is 0 Å². The maximum atomic E-state index is 10.8. The monoisotopic (exact) mass is 493 g/mol. The van der Waals surface area contributed by atoms with Crippen molar-refractivity contribution in [3.63, 3.8) is 0 Å². The highest BCUT2D eigenvalue weighted by Gasteiger charge is 2.28. The summed E-state index contributed by atoms with van der Waals surface area (Å²) in [4.78, 5) is 2.32. The molecule has 0 radical (unpaired) electrons. The summed E-state index contributed by atoms with van der Waals surface area (Å²) >= 11 is 0. The molecule has 0 spiro atoms. The summed E-state index contributed by atoms with van der Waals surface area (Å²) in [7, 11) is 3.55. The SMILES string of the molecule is COc1cccc(Oc2c(CN(CC3CC3)C[C@@H](O)COCC(C)C)c(-c3ccccc3)nn2C)c1. The van der Waals surface area contributed by atoms with Crippen molar-refractivity contribution in [1.82, 2.24) is 14.7 Å². The van der Waals surface area contributed by atoms with Crippen molar-refractivity contribution in [2.45, 2.75) is 39.3 Å². The predicted molar refractivity (Wildman–Crippen MR) is 141 cm³/mol. The fourth-order valence-electron chi connectivity index (χ4n) is 4.31. The van der Waals surface area contributed by atoms with Gasteiger partial charge >= 0.3 is 0 Å². The molecule has 7 nitrogen and oxygen atoms in total. The van der Waals surface area contributed by atoms with E-state index in [-0.39, 0.29) is 0 Å². The van der Waals surface area contributed by atoms with Gasteiger partial charge in [-0.1, -0.05) is 50.2 Å². The summed E-state index contributed by atoms with van der Waals surface area (Å²) in [5.74, 6) is 3.23. The van der Waals surface area contributed by atoms with E-state index in [4.69, 9.17) is 19.3 Å². The van der Waals surface area contributed by atoms with Crippen LogP contribution in [0.5, 0.6) is 17.4 Å². The van der Waals surface area contributed by atoms with E-state index in [0.717, 1.165) is 29.1 Å². The maximum absolute atomic E-state index is 10.8. The first-order chi connectivity index (χ1) is 17.4. The molecule has 1 aliphatic carbocycles. The van der Waals surface area contributed by atoms with Gasteiger partial charge in [0, 0.05) is 44.9 Å². The third-order valence-electron chi connectivity index (χ3n) is 6.22. The molecule has 1 N–H and O–H groups in total. The highest BCUT2D eigenvalue weighted by atomic mass is 16.5. The van der Waals surface area contributed by atoms with Gasteiger partial charge in [-0.05, 0) is 36.8 Å². The fraction of sp³-hybridized carbons (Fsp3) is 0.483. The van der Waals surface area contributed by atoms with Crippen LogP contribution in [0.25, 0.3) is 11.3 Å².